The number of ether oxygens (including phenoxy) is 2. The van der Waals surface area contributed by atoms with Crippen molar-refractivity contribution in [2.24, 2.45) is 0 Å². The Morgan fingerprint density at radius 3 is 2.65 bits per heavy atom. The van der Waals surface area contributed by atoms with Crippen molar-refractivity contribution >= 4 is 29.1 Å². The molecule has 0 aliphatic rings. The molecule has 0 aliphatic carbocycles. The lowest BCUT2D eigenvalue weighted by molar-refractivity contribution is -0.123. The third-order valence-corrected chi connectivity index (χ3v) is 3.69. The summed E-state index contributed by atoms with van der Waals surface area (Å²) in [6, 6.07) is 12.6. The van der Waals surface area contributed by atoms with Crippen LogP contribution in [0.2, 0.25) is 10.0 Å². The molecule has 0 spiro atoms. The van der Waals surface area contributed by atoms with Crippen LogP contribution in [-0.2, 0) is 11.2 Å². The number of carbonyl (C=O) groups is 1. The Hall–Kier alpha value is -1.91. The minimum absolute atomic E-state index is 0.104. The predicted molar refractivity (Wildman–Crippen MR) is 91.7 cm³/mol. The largest absolute Gasteiger partial charge is 0.496 e. The highest BCUT2D eigenvalue weighted by atomic mass is 35.5. The number of nitrogens with one attached hydrogen (secondary N) is 1. The fraction of sp³-hybridized carbons (Fsp3) is 0.235. The van der Waals surface area contributed by atoms with Gasteiger partial charge in [-0.25, -0.2) is 0 Å². The molecule has 23 heavy (non-hydrogen) atoms. The molecular formula is C17H17Cl2NO3. The van der Waals surface area contributed by atoms with Gasteiger partial charge in [0.05, 0.1) is 12.1 Å². The molecule has 0 bridgehead atoms. The van der Waals surface area contributed by atoms with Crippen LogP contribution < -0.4 is 14.8 Å². The van der Waals surface area contributed by atoms with Gasteiger partial charge in [0.2, 0.25) is 0 Å². The van der Waals surface area contributed by atoms with Crippen LogP contribution in [-0.4, -0.2) is 26.2 Å². The van der Waals surface area contributed by atoms with Crippen LogP contribution in [0.25, 0.3) is 0 Å². The molecule has 0 fully saturated rings. The summed E-state index contributed by atoms with van der Waals surface area (Å²) in [5.74, 6) is 1.02. The first-order chi connectivity index (χ1) is 11.1. The predicted octanol–water partition coefficient (Wildman–Crippen LogP) is 3.74. The molecule has 122 valence electrons. The van der Waals surface area contributed by atoms with Crippen molar-refractivity contribution < 1.29 is 14.3 Å². The molecule has 0 aromatic heterocycles. The van der Waals surface area contributed by atoms with E-state index in [1.165, 1.54) is 0 Å². The van der Waals surface area contributed by atoms with Crippen molar-refractivity contribution in [2.75, 3.05) is 20.3 Å². The highest BCUT2D eigenvalue weighted by molar-refractivity contribution is 6.35. The summed E-state index contributed by atoms with van der Waals surface area (Å²) in [6.45, 7) is 0.393. The number of rotatable bonds is 7. The molecule has 2 aromatic carbocycles. The fourth-order valence-corrected chi connectivity index (χ4v) is 2.50. The molecule has 1 amide bonds. The molecule has 2 aromatic rings. The highest BCUT2D eigenvalue weighted by Crippen LogP contribution is 2.27. The van der Waals surface area contributed by atoms with Gasteiger partial charge in [0, 0.05) is 11.6 Å². The molecule has 0 aliphatic heterocycles. The minimum atomic E-state index is -0.217. The summed E-state index contributed by atoms with van der Waals surface area (Å²) >= 11 is 11.8. The van der Waals surface area contributed by atoms with Gasteiger partial charge in [-0.05, 0) is 36.2 Å². The molecule has 0 heterocycles. The molecule has 0 radical (unpaired) electrons. The van der Waals surface area contributed by atoms with Gasteiger partial charge < -0.3 is 14.8 Å². The second kappa shape index (κ2) is 8.65. The number of carbonyl (C=O) groups excluding carboxylic acids is 1. The summed E-state index contributed by atoms with van der Waals surface area (Å²) in [5.41, 5.74) is 1.04. The van der Waals surface area contributed by atoms with Crippen molar-refractivity contribution in [2.45, 2.75) is 6.42 Å². The average Bonchev–Trinajstić information content (AvgIpc) is 2.54. The van der Waals surface area contributed by atoms with Crippen molar-refractivity contribution in [3.63, 3.8) is 0 Å². The topological polar surface area (TPSA) is 47.6 Å². The zero-order valence-corrected chi connectivity index (χ0v) is 14.2. The monoisotopic (exact) mass is 353 g/mol. The van der Waals surface area contributed by atoms with E-state index in [0.29, 0.717) is 28.8 Å². The van der Waals surface area contributed by atoms with Gasteiger partial charge in [-0.2, -0.15) is 0 Å². The van der Waals surface area contributed by atoms with E-state index in [4.69, 9.17) is 32.7 Å². The number of methoxy groups -OCH3 is 1. The lowest BCUT2D eigenvalue weighted by Crippen LogP contribution is -2.30. The van der Waals surface area contributed by atoms with E-state index in [-0.39, 0.29) is 12.5 Å². The van der Waals surface area contributed by atoms with Crippen molar-refractivity contribution in [1.29, 1.82) is 0 Å². The van der Waals surface area contributed by atoms with Gasteiger partial charge in [0.1, 0.15) is 11.5 Å². The lowest BCUT2D eigenvalue weighted by atomic mass is 10.1. The standard InChI is InChI=1S/C17H17Cl2NO3/c1-22-15-5-3-2-4-12(15)8-9-20-17(21)11-23-16-7-6-13(18)10-14(16)19/h2-7,10H,8-9,11H2,1H3,(H,20,21). The molecule has 0 saturated carbocycles. The maximum absolute atomic E-state index is 11.8. The van der Waals surface area contributed by atoms with Crippen LogP contribution in [0.1, 0.15) is 5.56 Å². The Kier molecular flexibility index (Phi) is 6.56. The first kappa shape index (κ1) is 17.4. The average molecular weight is 354 g/mol. The number of halogens is 2. The minimum Gasteiger partial charge on any atom is -0.496 e. The van der Waals surface area contributed by atoms with Crippen LogP contribution in [0.15, 0.2) is 42.5 Å². The number of amides is 1. The van der Waals surface area contributed by atoms with E-state index < -0.39 is 0 Å². The number of hydrogen-bond donors (Lipinski definition) is 1. The van der Waals surface area contributed by atoms with Gasteiger partial charge in [0.25, 0.3) is 5.91 Å². The van der Waals surface area contributed by atoms with Crippen LogP contribution in [0.3, 0.4) is 0 Å². The summed E-state index contributed by atoms with van der Waals surface area (Å²) < 4.78 is 10.6. The Morgan fingerprint density at radius 2 is 1.91 bits per heavy atom. The van der Waals surface area contributed by atoms with Crippen LogP contribution in [0.5, 0.6) is 11.5 Å². The van der Waals surface area contributed by atoms with E-state index >= 15 is 0 Å². The van der Waals surface area contributed by atoms with E-state index in [1.807, 2.05) is 24.3 Å². The Labute approximate surface area is 145 Å². The van der Waals surface area contributed by atoms with Gasteiger partial charge >= 0.3 is 0 Å². The molecular weight excluding hydrogens is 337 g/mol. The summed E-state index contributed by atoms with van der Waals surface area (Å²) in [4.78, 5) is 11.8. The Morgan fingerprint density at radius 1 is 1.13 bits per heavy atom. The van der Waals surface area contributed by atoms with E-state index in [2.05, 4.69) is 5.32 Å². The van der Waals surface area contributed by atoms with Gasteiger partial charge in [-0.15, -0.1) is 0 Å². The maximum atomic E-state index is 11.8. The second-order valence-corrected chi connectivity index (χ2v) is 5.62. The molecule has 1 N–H and O–H groups in total. The maximum Gasteiger partial charge on any atom is 0.257 e. The number of para-hydroxylation sites is 1. The smallest absolute Gasteiger partial charge is 0.257 e. The molecule has 0 unspecified atom stereocenters. The van der Waals surface area contributed by atoms with Gasteiger partial charge in [0.15, 0.2) is 6.61 Å². The fourth-order valence-electron chi connectivity index (χ4n) is 2.03. The second-order valence-electron chi connectivity index (χ2n) is 4.78. The first-order valence-corrected chi connectivity index (χ1v) is 7.82. The van der Waals surface area contributed by atoms with Crippen LogP contribution in [0, 0.1) is 0 Å². The normalized spacial score (nSPS) is 10.2. The van der Waals surface area contributed by atoms with Crippen molar-refractivity contribution in [1.82, 2.24) is 5.32 Å². The van der Waals surface area contributed by atoms with E-state index in [0.717, 1.165) is 11.3 Å². The molecule has 0 atom stereocenters. The highest BCUT2D eigenvalue weighted by Gasteiger charge is 2.07. The van der Waals surface area contributed by atoms with Crippen molar-refractivity contribution in [3.8, 4) is 11.5 Å². The molecule has 6 heteroatoms. The number of benzene rings is 2. The molecule has 4 nitrogen and oxygen atoms in total. The molecule has 2 rings (SSSR count). The van der Waals surface area contributed by atoms with Crippen molar-refractivity contribution in [3.05, 3.63) is 58.1 Å². The summed E-state index contributed by atoms with van der Waals surface area (Å²) in [5, 5.41) is 3.69. The van der Waals surface area contributed by atoms with E-state index in [1.54, 1.807) is 25.3 Å². The van der Waals surface area contributed by atoms with Gasteiger partial charge in [-0.1, -0.05) is 41.4 Å². The zero-order valence-electron chi connectivity index (χ0n) is 12.6. The summed E-state index contributed by atoms with van der Waals surface area (Å²) in [7, 11) is 1.63. The lowest BCUT2D eigenvalue weighted by Gasteiger charge is -2.10. The first-order valence-electron chi connectivity index (χ1n) is 7.06. The third kappa shape index (κ3) is 5.34. The summed E-state index contributed by atoms with van der Waals surface area (Å²) in [6.07, 6.45) is 0.678. The Bertz CT molecular complexity index is 677. The van der Waals surface area contributed by atoms with E-state index in [9.17, 15) is 4.79 Å². The quantitative estimate of drug-likeness (QED) is 0.824. The van der Waals surface area contributed by atoms with Crippen LogP contribution >= 0.6 is 23.2 Å². The molecule has 0 saturated heterocycles. The Balaban J connectivity index is 1.77. The number of hydrogen-bond acceptors (Lipinski definition) is 3. The van der Waals surface area contributed by atoms with Crippen LogP contribution in [0.4, 0.5) is 0 Å². The zero-order chi connectivity index (χ0) is 16.7. The SMILES string of the molecule is COc1ccccc1CCNC(=O)COc1ccc(Cl)cc1Cl. The van der Waals surface area contributed by atoms with Gasteiger partial charge in [-0.3, -0.25) is 4.79 Å². The third-order valence-electron chi connectivity index (χ3n) is 3.16.